The van der Waals surface area contributed by atoms with E-state index in [-0.39, 0.29) is 12.6 Å². The SMILES string of the molecule is CCOc1ccc(-c2cnc(Nc3cccc(S(=N)(=O)I)c3)nc2N[C@H](C)CO)cc1. The molecule has 0 aliphatic heterocycles. The van der Waals surface area contributed by atoms with Gasteiger partial charge in [0.1, 0.15) is 18.5 Å². The molecule has 0 aliphatic rings. The van der Waals surface area contributed by atoms with Crippen molar-refractivity contribution in [1.82, 2.24) is 9.97 Å². The molecule has 0 spiro atoms. The van der Waals surface area contributed by atoms with E-state index in [4.69, 9.17) is 9.52 Å². The Morgan fingerprint density at radius 2 is 2.00 bits per heavy atom. The maximum Gasteiger partial charge on any atom is 0.229 e. The van der Waals surface area contributed by atoms with Crippen molar-refractivity contribution in [3.8, 4) is 16.9 Å². The Balaban J connectivity index is 1.94. The molecular formula is C21H24IN5O3S. The molecular weight excluding hydrogens is 529 g/mol. The third kappa shape index (κ3) is 6.28. The minimum Gasteiger partial charge on any atom is -0.494 e. The first-order chi connectivity index (χ1) is 14.8. The Morgan fingerprint density at radius 1 is 1.26 bits per heavy atom. The lowest BCUT2D eigenvalue weighted by atomic mass is 10.1. The highest BCUT2D eigenvalue weighted by Crippen LogP contribution is 2.30. The van der Waals surface area contributed by atoms with E-state index in [0.717, 1.165) is 16.9 Å². The zero-order valence-corrected chi connectivity index (χ0v) is 20.1. The van der Waals surface area contributed by atoms with Gasteiger partial charge in [0.2, 0.25) is 5.95 Å². The van der Waals surface area contributed by atoms with Gasteiger partial charge in [0.25, 0.3) is 0 Å². The summed E-state index contributed by atoms with van der Waals surface area (Å²) >= 11 is 1.62. The van der Waals surface area contributed by atoms with Crippen LogP contribution >= 0.6 is 21.2 Å². The summed E-state index contributed by atoms with van der Waals surface area (Å²) in [6, 6.07) is 14.2. The maximum atomic E-state index is 12.0. The van der Waals surface area contributed by atoms with Gasteiger partial charge in [-0.15, -0.1) is 0 Å². The number of anilines is 3. The number of halogens is 1. The lowest BCUT2D eigenvalue weighted by Crippen LogP contribution is -2.21. The highest BCUT2D eigenvalue weighted by molar-refractivity contribution is 14.2. The molecule has 0 saturated carbocycles. The lowest BCUT2D eigenvalue weighted by molar-refractivity contribution is 0.281. The molecule has 4 N–H and O–H groups in total. The number of ether oxygens (including phenoxy) is 1. The molecule has 1 aromatic heterocycles. The van der Waals surface area contributed by atoms with Crippen LogP contribution in [0.3, 0.4) is 0 Å². The number of aliphatic hydroxyl groups is 1. The largest absolute Gasteiger partial charge is 0.494 e. The first-order valence-electron chi connectivity index (χ1n) is 9.63. The Labute approximate surface area is 194 Å². The quantitative estimate of drug-likeness (QED) is 0.221. The number of nitrogens with one attached hydrogen (secondary N) is 3. The third-order valence-electron chi connectivity index (χ3n) is 4.32. The van der Waals surface area contributed by atoms with Crippen LogP contribution < -0.4 is 15.4 Å². The Bertz CT molecular complexity index is 1140. The maximum absolute atomic E-state index is 12.0. The number of aliphatic hydroxyl groups excluding tert-OH is 1. The van der Waals surface area contributed by atoms with Gasteiger partial charge in [-0.2, -0.15) is 4.98 Å². The molecule has 0 saturated heterocycles. The predicted molar refractivity (Wildman–Crippen MR) is 132 cm³/mol. The Kier molecular flexibility index (Phi) is 7.68. The Hall–Kier alpha value is -2.44. The average molecular weight is 553 g/mol. The number of rotatable bonds is 9. The molecule has 31 heavy (non-hydrogen) atoms. The van der Waals surface area contributed by atoms with Gasteiger partial charge in [-0.05, 0) is 49.7 Å². The van der Waals surface area contributed by atoms with Crippen LogP contribution in [0.25, 0.3) is 11.1 Å². The van der Waals surface area contributed by atoms with Crippen molar-refractivity contribution in [3.05, 3.63) is 54.7 Å². The van der Waals surface area contributed by atoms with E-state index in [1.807, 2.05) is 38.1 Å². The van der Waals surface area contributed by atoms with Crippen molar-refractivity contribution in [1.29, 1.82) is 4.78 Å². The highest BCUT2D eigenvalue weighted by Gasteiger charge is 2.13. The minimum absolute atomic E-state index is 0.0505. The second-order valence-corrected chi connectivity index (χ2v) is 11.9. The van der Waals surface area contributed by atoms with Crippen LogP contribution in [0.5, 0.6) is 5.75 Å². The molecule has 2 atom stereocenters. The number of benzene rings is 2. The number of hydrogen-bond acceptors (Lipinski definition) is 8. The molecule has 1 heterocycles. The average Bonchev–Trinajstić information content (AvgIpc) is 2.74. The predicted octanol–water partition coefficient (Wildman–Crippen LogP) is 4.83. The van der Waals surface area contributed by atoms with Crippen molar-refractivity contribution in [2.45, 2.75) is 24.8 Å². The summed E-state index contributed by atoms with van der Waals surface area (Å²) in [5, 5.41) is 15.8. The van der Waals surface area contributed by atoms with Crippen LogP contribution in [0.15, 0.2) is 59.6 Å². The summed E-state index contributed by atoms with van der Waals surface area (Å²) in [7, 11) is 0. The number of hydrogen-bond donors (Lipinski definition) is 4. The van der Waals surface area contributed by atoms with Crippen molar-refractivity contribution in [3.63, 3.8) is 0 Å². The van der Waals surface area contributed by atoms with E-state index in [9.17, 15) is 9.32 Å². The van der Waals surface area contributed by atoms with Gasteiger partial charge in [0.15, 0.2) is 0 Å². The molecule has 0 aliphatic carbocycles. The molecule has 3 rings (SSSR count). The fourth-order valence-electron chi connectivity index (χ4n) is 2.81. The molecule has 164 valence electrons. The van der Waals surface area contributed by atoms with E-state index in [1.54, 1.807) is 51.7 Å². The zero-order chi connectivity index (χ0) is 22.4. The molecule has 10 heteroatoms. The van der Waals surface area contributed by atoms with Crippen LogP contribution in [0.1, 0.15) is 13.8 Å². The molecule has 0 fully saturated rings. The highest BCUT2D eigenvalue weighted by atomic mass is 127. The summed E-state index contributed by atoms with van der Waals surface area (Å²) < 4.78 is 25.3. The molecule has 0 amide bonds. The van der Waals surface area contributed by atoms with Crippen LogP contribution in [0, 0.1) is 4.78 Å². The minimum atomic E-state index is -2.86. The smallest absolute Gasteiger partial charge is 0.229 e. The second-order valence-electron chi connectivity index (χ2n) is 6.78. The van der Waals surface area contributed by atoms with Crippen molar-refractivity contribution < 1.29 is 14.1 Å². The van der Waals surface area contributed by atoms with Crippen molar-refractivity contribution in [2.24, 2.45) is 0 Å². The summed E-state index contributed by atoms with van der Waals surface area (Å²) in [4.78, 5) is 9.42. The van der Waals surface area contributed by atoms with E-state index in [2.05, 4.69) is 20.6 Å². The van der Waals surface area contributed by atoms with Gasteiger partial charge in [0, 0.05) is 44.7 Å². The van der Waals surface area contributed by atoms with Crippen LogP contribution in [-0.2, 0) is 6.90 Å². The number of aromatic nitrogens is 2. The van der Waals surface area contributed by atoms with Gasteiger partial charge in [-0.3, -0.25) is 0 Å². The van der Waals surface area contributed by atoms with Gasteiger partial charge in [-0.25, -0.2) is 14.0 Å². The monoisotopic (exact) mass is 553 g/mol. The van der Waals surface area contributed by atoms with E-state index >= 15 is 0 Å². The molecule has 0 bridgehead atoms. The summed E-state index contributed by atoms with van der Waals surface area (Å²) in [6.07, 6.45) is 1.70. The molecule has 0 radical (unpaired) electrons. The van der Waals surface area contributed by atoms with Crippen LogP contribution in [0.4, 0.5) is 17.5 Å². The molecule has 8 nitrogen and oxygen atoms in total. The first kappa shape index (κ1) is 23.2. The normalized spacial score (nSPS) is 13.8. The van der Waals surface area contributed by atoms with Crippen LogP contribution in [-0.4, -0.2) is 38.5 Å². The summed E-state index contributed by atoms with van der Waals surface area (Å²) in [5.41, 5.74) is 2.32. The zero-order valence-electron chi connectivity index (χ0n) is 17.1. The summed E-state index contributed by atoms with van der Waals surface area (Å²) in [6.45, 7) is 1.48. The van der Waals surface area contributed by atoms with E-state index < -0.39 is 6.90 Å². The van der Waals surface area contributed by atoms with E-state index in [0.29, 0.717) is 29.0 Å². The van der Waals surface area contributed by atoms with Crippen molar-refractivity contribution >= 4 is 45.6 Å². The fourth-order valence-corrected chi connectivity index (χ4v) is 4.16. The third-order valence-corrected chi connectivity index (χ3v) is 6.70. The number of nitrogens with zero attached hydrogens (tertiary/aromatic N) is 2. The van der Waals surface area contributed by atoms with Gasteiger partial charge >= 0.3 is 0 Å². The second kappa shape index (κ2) is 10.2. The first-order valence-corrected chi connectivity index (χ1v) is 13.7. The van der Waals surface area contributed by atoms with E-state index in [1.165, 1.54) is 0 Å². The van der Waals surface area contributed by atoms with Crippen LogP contribution in [0.2, 0.25) is 0 Å². The van der Waals surface area contributed by atoms with Gasteiger partial charge in [-0.1, -0.05) is 18.2 Å². The van der Waals surface area contributed by atoms with Gasteiger partial charge in [0.05, 0.1) is 18.1 Å². The van der Waals surface area contributed by atoms with Gasteiger partial charge < -0.3 is 20.5 Å². The van der Waals surface area contributed by atoms with Crippen molar-refractivity contribution in [2.75, 3.05) is 23.8 Å². The topological polar surface area (TPSA) is 120 Å². The fraction of sp³-hybridized carbons (Fsp3) is 0.238. The molecule has 1 unspecified atom stereocenters. The summed E-state index contributed by atoms with van der Waals surface area (Å²) in [5.74, 6) is 1.69. The lowest BCUT2D eigenvalue weighted by Gasteiger charge is -2.17. The standard InChI is InChI=1S/C21H24IN5O3S/c1-3-30-17-9-7-15(8-10-17)19-12-24-21(27-20(19)25-14(2)13-28)26-16-5-4-6-18(11-16)31(22,23)29/h4-12,14,23,28H,3,13H2,1-2H3,(H2,24,25,26,27)/t14-,31?/m1/s1. The molecule has 3 aromatic rings. The Morgan fingerprint density at radius 3 is 2.65 bits per heavy atom. The molecule has 2 aromatic carbocycles.